The van der Waals surface area contributed by atoms with Crippen molar-refractivity contribution in [3.05, 3.63) is 42.5 Å². The van der Waals surface area contributed by atoms with Crippen LogP contribution in [-0.2, 0) is 4.74 Å². The molecular weight excluding hydrogens is 366 g/mol. The van der Waals surface area contributed by atoms with Crippen LogP contribution in [0.5, 0.6) is 0 Å². The standard InChI is InChI=1S/C19H21N3O4S/c1-10-15-12(11-5-3-4-6-14(11)27-2)7-22(18(15)21-9-20-10)19-17(25)16(24)13(8-23)26-19/h3-7,9,13,16-17,19,23-25H,8H2,1-2H3/t13-,16-,17-,19-/m1/s1. The van der Waals surface area contributed by atoms with Crippen LogP contribution in [-0.4, -0.2) is 61.0 Å². The second-order valence-corrected chi connectivity index (χ2v) is 7.38. The van der Waals surface area contributed by atoms with Crippen LogP contribution in [0.2, 0.25) is 0 Å². The van der Waals surface area contributed by atoms with Gasteiger partial charge in [0.1, 0.15) is 30.3 Å². The predicted octanol–water partition coefficient (Wildman–Crippen LogP) is 1.74. The largest absolute Gasteiger partial charge is 0.394 e. The Morgan fingerprint density at radius 2 is 1.93 bits per heavy atom. The number of aliphatic hydroxyl groups is 3. The molecule has 4 rings (SSSR count). The molecule has 3 N–H and O–H groups in total. The number of aromatic nitrogens is 3. The number of rotatable bonds is 4. The molecule has 1 aliphatic heterocycles. The molecular formula is C19H21N3O4S. The second-order valence-electron chi connectivity index (χ2n) is 6.54. The number of thioether (sulfide) groups is 1. The number of fused-ring (bicyclic) bond motifs is 1. The van der Waals surface area contributed by atoms with E-state index in [4.69, 9.17) is 4.74 Å². The average molecular weight is 387 g/mol. The number of aryl methyl sites for hydroxylation is 1. The van der Waals surface area contributed by atoms with Crippen molar-refractivity contribution in [3.63, 3.8) is 0 Å². The summed E-state index contributed by atoms with van der Waals surface area (Å²) in [5.74, 6) is 0. The van der Waals surface area contributed by atoms with Gasteiger partial charge in [-0.1, -0.05) is 18.2 Å². The van der Waals surface area contributed by atoms with Gasteiger partial charge in [0.15, 0.2) is 6.23 Å². The van der Waals surface area contributed by atoms with Crippen molar-refractivity contribution in [1.82, 2.24) is 14.5 Å². The maximum Gasteiger partial charge on any atom is 0.164 e. The van der Waals surface area contributed by atoms with Crippen molar-refractivity contribution < 1.29 is 20.1 Å². The van der Waals surface area contributed by atoms with Crippen molar-refractivity contribution in [3.8, 4) is 11.1 Å². The van der Waals surface area contributed by atoms with Crippen LogP contribution in [0.3, 0.4) is 0 Å². The topological polar surface area (TPSA) is 101 Å². The van der Waals surface area contributed by atoms with Gasteiger partial charge in [0.25, 0.3) is 0 Å². The Morgan fingerprint density at radius 3 is 2.63 bits per heavy atom. The Bertz CT molecular complexity index is 977. The van der Waals surface area contributed by atoms with Crippen LogP contribution in [0, 0.1) is 6.92 Å². The van der Waals surface area contributed by atoms with Gasteiger partial charge in [-0.15, -0.1) is 11.8 Å². The normalized spacial score (nSPS) is 25.4. The summed E-state index contributed by atoms with van der Waals surface area (Å²) < 4.78 is 7.44. The van der Waals surface area contributed by atoms with Crippen molar-refractivity contribution in [2.45, 2.75) is 36.4 Å². The Hall–Kier alpha value is -1.97. The molecule has 0 aliphatic carbocycles. The molecule has 0 unspecified atom stereocenters. The van der Waals surface area contributed by atoms with Crippen LogP contribution in [0.25, 0.3) is 22.2 Å². The number of hydrogen-bond acceptors (Lipinski definition) is 7. The van der Waals surface area contributed by atoms with Gasteiger partial charge in [-0.05, 0) is 24.8 Å². The molecule has 3 aromatic rings. The van der Waals surface area contributed by atoms with E-state index in [1.165, 1.54) is 6.33 Å². The average Bonchev–Trinajstić information content (AvgIpc) is 3.21. The summed E-state index contributed by atoms with van der Waals surface area (Å²) in [6, 6.07) is 8.05. The van der Waals surface area contributed by atoms with Crippen LogP contribution in [0.4, 0.5) is 0 Å². The molecule has 2 aromatic heterocycles. The van der Waals surface area contributed by atoms with Gasteiger partial charge < -0.3 is 24.6 Å². The van der Waals surface area contributed by atoms with Gasteiger partial charge in [-0.25, -0.2) is 9.97 Å². The summed E-state index contributed by atoms with van der Waals surface area (Å²) in [5.41, 5.74) is 3.41. The van der Waals surface area contributed by atoms with Crippen molar-refractivity contribution in [2.24, 2.45) is 0 Å². The van der Waals surface area contributed by atoms with E-state index in [0.717, 1.165) is 27.1 Å². The van der Waals surface area contributed by atoms with E-state index >= 15 is 0 Å². The van der Waals surface area contributed by atoms with E-state index in [1.54, 1.807) is 16.3 Å². The fourth-order valence-corrected chi connectivity index (χ4v) is 4.22. The van der Waals surface area contributed by atoms with Gasteiger partial charge >= 0.3 is 0 Å². The van der Waals surface area contributed by atoms with Crippen LogP contribution < -0.4 is 0 Å². The molecule has 27 heavy (non-hydrogen) atoms. The monoisotopic (exact) mass is 387 g/mol. The van der Waals surface area contributed by atoms with Gasteiger partial charge in [-0.3, -0.25) is 0 Å². The third kappa shape index (κ3) is 2.94. The number of hydrogen-bond donors (Lipinski definition) is 3. The lowest BCUT2D eigenvalue weighted by atomic mass is 10.1. The number of ether oxygens (including phenoxy) is 1. The first-order valence-electron chi connectivity index (χ1n) is 8.64. The smallest absolute Gasteiger partial charge is 0.164 e. The maximum atomic E-state index is 10.5. The summed E-state index contributed by atoms with van der Waals surface area (Å²) in [4.78, 5) is 9.85. The zero-order valence-electron chi connectivity index (χ0n) is 15.0. The summed E-state index contributed by atoms with van der Waals surface area (Å²) in [7, 11) is 0. The first-order valence-corrected chi connectivity index (χ1v) is 9.87. The lowest BCUT2D eigenvalue weighted by Gasteiger charge is -2.17. The van der Waals surface area contributed by atoms with E-state index in [2.05, 4.69) is 16.0 Å². The van der Waals surface area contributed by atoms with Gasteiger partial charge in [-0.2, -0.15) is 0 Å². The molecule has 7 nitrogen and oxygen atoms in total. The number of aliphatic hydroxyl groups excluding tert-OH is 3. The minimum atomic E-state index is -1.17. The molecule has 4 atom stereocenters. The highest BCUT2D eigenvalue weighted by atomic mass is 32.2. The van der Waals surface area contributed by atoms with Crippen molar-refractivity contribution in [1.29, 1.82) is 0 Å². The predicted molar refractivity (Wildman–Crippen MR) is 102 cm³/mol. The second kappa shape index (κ2) is 7.21. The Morgan fingerprint density at radius 1 is 1.15 bits per heavy atom. The minimum absolute atomic E-state index is 0.371. The maximum absolute atomic E-state index is 10.5. The van der Waals surface area contributed by atoms with E-state index in [-0.39, 0.29) is 6.61 Å². The van der Waals surface area contributed by atoms with E-state index in [1.807, 2.05) is 37.6 Å². The zero-order chi connectivity index (χ0) is 19.1. The fraction of sp³-hybridized carbons (Fsp3) is 0.368. The Labute approximate surface area is 160 Å². The summed E-state index contributed by atoms with van der Waals surface area (Å²) in [6.45, 7) is 1.54. The van der Waals surface area contributed by atoms with Crippen LogP contribution >= 0.6 is 11.8 Å². The summed E-state index contributed by atoms with van der Waals surface area (Å²) in [6.07, 6.45) is 1.35. The molecule has 0 saturated carbocycles. The molecule has 1 saturated heterocycles. The summed E-state index contributed by atoms with van der Waals surface area (Å²) >= 11 is 1.65. The van der Waals surface area contributed by atoms with Crippen LogP contribution in [0.1, 0.15) is 11.9 Å². The molecule has 8 heteroatoms. The highest BCUT2D eigenvalue weighted by Gasteiger charge is 2.44. The molecule has 0 radical (unpaired) electrons. The summed E-state index contributed by atoms with van der Waals surface area (Å²) in [5, 5.41) is 30.9. The van der Waals surface area contributed by atoms with E-state index in [0.29, 0.717) is 5.65 Å². The van der Waals surface area contributed by atoms with Crippen LogP contribution in [0.15, 0.2) is 41.7 Å². The Balaban J connectivity index is 1.93. The molecule has 142 valence electrons. The molecule has 3 heterocycles. The first-order chi connectivity index (χ1) is 13.1. The van der Waals surface area contributed by atoms with Gasteiger partial charge in [0.2, 0.25) is 0 Å². The van der Waals surface area contributed by atoms with E-state index in [9.17, 15) is 15.3 Å². The minimum Gasteiger partial charge on any atom is -0.394 e. The first kappa shape index (κ1) is 18.4. The van der Waals surface area contributed by atoms with E-state index < -0.39 is 24.5 Å². The van der Waals surface area contributed by atoms with Crippen molar-refractivity contribution in [2.75, 3.05) is 12.9 Å². The molecule has 0 spiro atoms. The van der Waals surface area contributed by atoms with Crippen molar-refractivity contribution >= 4 is 22.8 Å². The van der Waals surface area contributed by atoms with Gasteiger partial charge in [0, 0.05) is 22.0 Å². The SMILES string of the molecule is CSc1ccccc1-c1cn([C@@H]2O[C@H](CO)[C@@H](O)[C@H]2O)c2ncnc(C)c12. The van der Waals surface area contributed by atoms with Gasteiger partial charge in [0.05, 0.1) is 12.3 Å². The lowest BCUT2D eigenvalue weighted by molar-refractivity contribution is -0.0508. The Kier molecular flexibility index (Phi) is 4.92. The fourth-order valence-electron chi connectivity index (χ4n) is 3.61. The molecule has 0 amide bonds. The highest BCUT2D eigenvalue weighted by Crippen LogP contribution is 2.40. The number of benzene rings is 1. The lowest BCUT2D eigenvalue weighted by Crippen LogP contribution is -2.33. The molecule has 1 aromatic carbocycles. The third-order valence-corrected chi connectivity index (χ3v) is 5.78. The highest BCUT2D eigenvalue weighted by molar-refractivity contribution is 7.98. The molecule has 1 fully saturated rings. The quantitative estimate of drug-likeness (QED) is 0.586. The third-order valence-electron chi connectivity index (χ3n) is 4.99. The molecule has 0 bridgehead atoms. The molecule has 1 aliphatic rings. The number of nitrogens with zero attached hydrogens (tertiary/aromatic N) is 3. The zero-order valence-corrected chi connectivity index (χ0v) is 15.8.